The van der Waals surface area contributed by atoms with Gasteiger partial charge in [-0.15, -0.1) is 0 Å². The van der Waals surface area contributed by atoms with Crippen LogP contribution < -0.4 is 0 Å². The van der Waals surface area contributed by atoms with Crippen LogP contribution in [0.2, 0.25) is 0 Å². The molecule has 0 heterocycles. The van der Waals surface area contributed by atoms with Crippen LogP contribution in [0.15, 0.2) is 24.3 Å². The number of hydrogen-bond donors (Lipinski definition) is 2. The molecule has 0 amide bonds. The molecule has 1 saturated carbocycles. The van der Waals surface area contributed by atoms with Gasteiger partial charge in [0.1, 0.15) is 0 Å². The molecular formula is C8H12O2. The van der Waals surface area contributed by atoms with Crippen molar-refractivity contribution in [1.29, 1.82) is 0 Å². The Bertz CT molecular complexity index is 152. The number of rotatable bonds is 0. The van der Waals surface area contributed by atoms with Crippen LogP contribution >= 0.6 is 0 Å². The van der Waals surface area contributed by atoms with Crippen LogP contribution in [0.4, 0.5) is 0 Å². The predicted molar refractivity (Wildman–Crippen MR) is 39.5 cm³/mol. The number of aliphatic hydroxyl groups is 2. The topological polar surface area (TPSA) is 40.5 Å². The lowest BCUT2D eigenvalue weighted by atomic mass is 9.88. The molecule has 0 radical (unpaired) electrons. The van der Waals surface area contributed by atoms with Crippen LogP contribution in [0.25, 0.3) is 0 Å². The molecule has 0 aromatic rings. The molecule has 0 aromatic heterocycles. The average Bonchev–Trinajstić information content (AvgIpc) is 1.84. The van der Waals surface area contributed by atoms with E-state index in [1.165, 1.54) is 0 Å². The fourth-order valence-corrected chi connectivity index (χ4v) is 1.06. The van der Waals surface area contributed by atoms with Gasteiger partial charge in [-0.2, -0.15) is 0 Å². The Kier molecular flexibility index (Phi) is 1.92. The second-order valence-electron chi connectivity index (χ2n) is 2.76. The highest BCUT2D eigenvalue weighted by atomic mass is 16.3. The quantitative estimate of drug-likeness (QED) is 0.484. The number of aliphatic hydroxyl groups excluding tert-OH is 2. The van der Waals surface area contributed by atoms with Crippen LogP contribution in [0.1, 0.15) is 12.8 Å². The van der Waals surface area contributed by atoms with Crippen molar-refractivity contribution >= 4 is 0 Å². The first kappa shape index (κ1) is 7.51. The zero-order valence-electron chi connectivity index (χ0n) is 5.88. The van der Waals surface area contributed by atoms with Crippen molar-refractivity contribution in [2.24, 2.45) is 0 Å². The van der Waals surface area contributed by atoms with Crippen molar-refractivity contribution in [2.75, 3.05) is 0 Å². The van der Waals surface area contributed by atoms with E-state index >= 15 is 0 Å². The van der Waals surface area contributed by atoms with Crippen molar-refractivity contribution in [3.05, 3.63) is 24.3 Å². The summed E-state index contributed by atoms with van der Waals surface area (Å²) in [4.78, 5) is 0. The molecule has 56 valence electrons. The summed E-state index contributed by atoms with van der Waals surface area (Å²) in [6, 6.07) is 0. The molecule has 0 aromatic carbocycles. The lowest BCUT2D eigenvalue weighted by Crippen LogP contribution is -2.25. The van der Waals surface area contributed by atoms with Gasteiger partial charge >= 0.3 is 0 Å². The van der Waals surface area contributed by atoms with E-state index in [-0.39, 0.29) is 0 Å². The molecule has 2 nitrogen and oxygen atoms in total. The highest BCUT2D eigenvalue weighted by Crippen LogP contribution is 2.25. The van der Waals surface area contributed by atoms with Gasteiger partial charge in [-0.25, -0.2) is 0 Å². The Labute approximate surface area is 60.5 Å². The molecule has 10 heavy (non-hydrogen) atoms. The zero-order chi connectivity index (χ0) is 7.72. The second kappa shape index (κ2) is 2.56. The van der Waals surface area contributed by atoms with Gasteiger partial charge < -0.3 is 10.2 Å². The summed E-state index contributed by atoms with van der Waals surface area (Å²) >= 11 is 0. The van der Waals surface area contributed by atoms with Crippen molar-refractivity contribution in [3.8, 4) is 0 Å². The van der Waals surface area contributed by atoms with E-state index in [0.717, 1.165) is 0 Å². The fourth-order valence-electron chi connectivity index (χ4n) is 1.06. The molecular weight excluding hydrogens is 128 g/mol. The Balaban J connectivity index is 2.63. The maximum Gasteiger partial charge on any atom is 0.0786 e. The second-order valence-corrected chi connectivity index (χ2v) is 2.76. The monoisotopic (exact) mass is 140 g/mol. The molecule has 0 spiro atoms. The molecule has 1 rings (SSSR count). The molecule has 2 unspecified atom stereocenters. The highest BCUT2D eigenvalue weighted by molar-refractivity contribution is 5.20. The minimum atomic E-state index is -0.490. The van der Waals surface area contributed by atoms with Crippen molar-refractivity contribution in [2.45, 2.75) is 25.0 Å². The zero-order valence-corrected chi connectivity index (χ0v) is 5.88. The Morgan fingerprint density at radius 3 is 1.60 bits per heavy atom. The van der Waals surface area contributed by atoms with Crippen LogP contribution in [-0.4, -0.2) is 22.4 Å². The molecule has 1 fully saturated rings. The van der Waals surface area contributed by atoms with E-state index in [2.05, 4.69) is 13.2 Å². The van der Waals surface area contributed by atoms with E-state index in [4.69, 9.17) is 0 Å². The summed E-state index contributed by atoms with van der Waals surface area (Å²) in [5, 5.41) is 18.4. The van der Waals surface area contributed by atoms with Crippen LogP contribution in [-0.2, 0) is 0 Å². The van der Waals surface area contributed by atoms with Crippen molar-refractivity contribution < 1.29 is 10.2 Å². The van der Waals surface area contributed by atoms with E-state index in [1.807, 2.05) is 0 Å². The van der Waals surface area contributed by atoms with Crippen LogP contribution in [0, 0.1) is 0 Å². The molecule has 2 heteroatoms. The van der Waals surface area contributed by atoms with E-state index < -0.39 is 12.2 Å². The highest BCUT2D eigenvalue weighted by Gasteiger charge is 2.23. The summed E-state index contributed by atoms with van der Waals surface area (Å²) in [5.74, 6) is 0. The van der Waals surface area contributed by atoms with Gasteiger partial charge in [-0.3, -0.25) is 0 Å². The molecule has 0 saturated heterocycles. The lowest BCUT2D eigenvalue weighted by Gasteiger charge is -2.25. The number of hydrogen-bond acceptors (Lipinski definition) is 2. The van der Waals surface area contributed by atoms with Crippen LogP contribution in [0.5, 0.6) is 0 Å². The molecule has 2 N–H and O–H groups in total. The normalized spacial score (nSPS) is 34.6. The third-order valence-corrected chi connectivity index (χ3v) is 1.85. The van der Waals surface area contributed by atoms with Gasteiger partial charge in [0.15, 0.2) is 0 Å². The first-order valence-corrected chi connectivity index (χ1v) is 3.32. The smallest absolute Gasteiger partial charge is 0.0786 e. The van der Waals surface area contributed by atoms with Gasteiger partial charge in [0.2, 0.25) is 0 Å². The average molecular weight is 140 g/mol. The first-order valence-electron chi connectivity index (χ1n) is 3.32. The maximum absolute atomic E-state index is 9.19. The Morgan fingerprint density at radius 1 is 1.00 bits per heavy atom. The lowest BCUT2D eigenvalue weighted by molar-refractivity contribution is 0.136. The Morgan fingerprint density at radius 2 is 1.30 bits per heavy atom. The standard InChI is InChI=1S/C8H12O2/c1-5-3-8(10)6(2)4-7(5)9/h7-10H,1-4H2. The van der Waals surface area contributed by atoms with Gasteiger partial charge in [-0.05, 0) is 11.1 Å². The summed E-state index contributed by atoms with van der Waals surface area (Å²) in [6.45, 7) is 7.26. The first-order chi connectivity index (χ1) is 4.61. The van der Waals surface area contributed by atoms with Gasteiger partial charge in [-0.1, -0.05) is 13.2 Å². The molecule has 0 bridgehead atoms. The maximum atomic E-state index is 9.19. The van der Waals surface area contributed by atoms with Crippen molar-refractivity contribution in [1.82, 2.24) is 0 Å². The minimum absolute atomic E-state index is 0.458. The largest absolute Gasteiger partial charge is 0.388 e. The van der Waals surface area contributed by atoms with Gasteiger partial charge in [0.25, 0.3) is 0 Å². The van der Waals surface area contributed by atoms with E-state index in [0.29, 0.717) is 24.0 Å². The SMILES string of the molecule is C=C1CC(O)C(=C)CC1O. The molecule has 2 atom stereocenters. The summed E-state index contributed by atoms with van der Waals surface area (Å²) in [5.41, 5.74) is 1.42. The summed E-state index contributed by atoms with van der Waals surface area (Å²) in [6.07, 6.45) is -0.0631. The minimum Gasteiger partial charge on any atom is -0.388 e. The summed E-state index contributed by atoms with van der Waals surface area (Å²) in [7, 11) is 0. The van der Waals surface area contributed by atoms with E-state index in [9.17, 15) is 10.2 Å². The van der Waals surface area contributed by atoms with E-state index in [1.54, 1.807) is 0 Å². The van der Waals surface area contributed by atoms with Crippen molar-refractivity contribution in [3.63, 3.8) is 0 Å². The fraction of sp³-hybridized carbons (Fsp3) is 0.500. The Hall–Kier alpha value is -0.600. The predicted octanol–water partition coefficient (Wildman–Crippen LogP) is 0.614. The van der Waals surface area contributed by atoms with Gasteiger partial charge in [0.05, 0.1) is 12.2 Å². The van der Waals surface area contributed by atoms with Gasteiger partial charge in [0, 0.05) is 12.8 Å². The van der Waals surface area contributed by atoms with Crippen LogP contribution in [0.3, 0.4) is 0 Å². The molecule has 0 aliphatic heterocycles. The third kappa shape index (κ3) is 1.28. The summed E-state index contributed by atoms with van der Waals surface area (Å²) < 4.78 is 0. The molecule has 1 aliphatic rings. The molecule has 1 aliphatic carbocycles. The third-order valence-electron chi connectivity index (χ3n) is 1.85.